The molecule has 1 aliphatic carbocycles. The number of hydrogen-bond donors (Lipinski definition) is 1. The van der Waals surface area contributed by atoms with E-state index < -0.39 is 20.6 Å². The van der Waals surface area contributed by atoms with Crippen LogP contribution in [0.15, 0.2) is 57.8 Å². The average molecular weight is 457 g/mol. The Bertz CT molecular complexity index is 1480. The van der Waals surface area contributed by atoms with Crippen LogP contribution in [0.25, 0.3) is 21.7 Å². The van der Waals surface area contributed by atoms with Crippen molar-refractivity contribution in [2.75, 3.05) is 4.72 Å². The highest BCUT2D eigenvalue weighted by Gasteiger charge is 2.24. The monoisotopic (exact) mass is 456 g/mol. The molecule has 3 aromatic carbocycles. The molecule has 5 rings (SSSR count). The van der Waals surface area contributed by atoms with Crippen molar-refractivity contribution in [1.82, 2.24) is 0 Å². The molecule has 7 nitrogen and oxygen atoms in total. The summed E-state index contributed by atoms with van der Waals surface area (Å²) in [7, 11) is -4.09. The lowest BCUT2D eigenvalue weighted by Gasteiger charge is -2.12. The predicted octanol–water partition coefficient (Wildman–Crippen LogP) is 5.83. The van der Waals surface area contributed by atoms with E-state index in [-0.39, 0.29) is 9.92 Å². The maximum absolute atomic E-state index is 13.1. The molecule has 0 bridgehead atoms. The molecule has 0 amide bonds. The van der Waals surface area contributed by atoms with E-state index in [1.54, 1.807) is 6.07 Å². The van der Waals surface area contributed by atoms with E-state index in [9.17, 15) is 18.5 Å². The Morgan fingerprint density at radius 3 is 2.52 bits per heavy atom. The number of anilines is 1. The molecule has 0 aliphatic heterocycles. The Balaban J connectivity index is 1.68. The first-order valence-corrected chi connectivity index (χ1v) is 11.6. The maximum Gasteiger partial charge on any atom is 0.289 e. The predicted molar refractivity (Wildman–Crippen MR) is 119 cm³/mol. The standard InChI is InChI=1S/C22H17ClN2O5S/c23-18-10-9-13(11-20(18)25(26)27)31(28,29)24-19-12-17-15-6-3-4-8-21(15)30-22(17)16-7-2-1-5-14(16)19/h1-2,5,7,9-12,24H,3-4,6,8H2. The summed E-state index contributed by atoms with van der Waals surface area (Å²) >= 11 is 5.83. The molecule has 4 aromatic rings. The fourth-order valence-corrected chi connectivity index (χ4v) is 5.45. The minimum Gasteiger partial charge on any atom is -0.460 e. The van der Waals surface area contributed by atoms with Crippen LogP contribution in [0.3, 0.4) is 0 Å². The summed E-state index contributed by atoms with van der Waals surface area (Å²) in [5.74, 6) is 0.958. The topological polar surface area (TPSA) is 102 Å². The second kappa shape index (κ2) is 7.25. The van der Waals surface area contributed by atoms with Gasteiger partial charge >= 0.3 is 0 Å². The van der Waals surface area contributed by atoms with Gasteiger partial charge in [-0.25, -0.2) is 8.42 Å². The molecular weight excluding hydrogens is 440 g/mol. The molecule has 0 saturated heterocycles. The van der Waals surface area contributed by atoms with Crippen LogP contribution in [0.1, 0.15) is 24.2 Å². The molecule has 9 heteroatoms. The van der Waals surface area contributed by atoms with Crippen molar-refractivity contribution < 1.29 is 17.8 Å². The smallest absolute Gasteiger partial charge is 0.289 e. The molecule has 0 radical (unpaired) electrons. The van der Waals surface area contributed by atoms with Crippen LogP contribution in [0.2, 0.25) is 5.02 Å². The van der Waals surface area contributed by atoms with Crippen LogP contribution in [0, 0.1) is 10.1 Å². The fourth-order valence-electron chi connectivity index (χ4n) is 4.17. The number of furan rings is 1. The van der Waals surface area contributed by atoms with Crippen molar-refractivity contribution in [3.05, 3.63) is 75.0 Å². The first kappa shape index (κ1) is 19.8. The Morgan fingerprint density at radius 2 is 1.74 bits per heavy atom. The van der Waals surface area contributed by atoms with E-state index in [1.807, 2.05) is 24.3 Å². The van der Waals surface area contributed by atoms with Crippen molar-refractivity contribution in [2.24, 2.45) is 0 Å². The molecule has 0 atom stereocenters. The van der Waals surface area contributed by atoms with E-state index in [0.29, 0.717) is 11.1 Å². The zero-order chi connectivity index (χ0) is 21.8. The summed E-state index contributed by atoms with van der Waals surface area (Å²) in [6, 6.07) is 12.6. The largest absolute Gasteiger partial charge is 0.460 e. The summed E-state index contributed by atoms with van der Waals surface area (Å²) < 4.78 is 35.0. The van der Waals surface area contributed by atoms with Gasteiger partial charge in [-0.15, -0.1) is 0 Å². The summed E-state index contributed by atoms with van der Waals surface area (Å²) in [6.07, 6.45) is 3.88. The molecule has 31 heavy (non-hydrogen) atoms. The third-order valence-electron chi connectivity index (χ3n) is 5.63. The first-order valence-electron chi connectivity index (χ1n) is 9.78. The maximum atomic E-state index is 13.1. The molecule has 1 N–H and O–H groups in total. The van der Waals surface area contributed by atoms with Gasteiger partial charge in [0.15, 0.2) is 0 Å². The highest BCUT2D eigenvalue weighted by molar-refractivity contribution is 7.92. The van der Waals surface area contributed by atoms with Crippen LogP contribution in [0.4, 0.5) is 11.4 Å². The molecule has 1 aliphatic rings. The lowest BCUT2D eigenvalue weighted by molar-refractivity contribution is -0.384. The van der Waals surface area contributed by atoms with Crippen LogP contribution in [0.5, 0.6) is 0 Å². The summed E-state index contributed by atoms with van der Waals surface area (Å²) in [5, 5.41) is 13.5. The first-order chi connectivity index (χ1) is 14.8. The highest BCUT2D eigenvalue weighted by atomic mass is 35.5. The van der Waals surface area contributed by atoms with Gasteiger partial charge in [-0.05, 0) is 37.5 Å². The number of nitrogens with one attached hydrogen (secondary N) is 1. The number of fused-ring (bicyclic) bond motifs is 5. The quantitative estimate of drug-likeness (QED) is 0.307. The Morgan fingerprint density at radius 1 is 1.00 bits per heavy atom. The zero-order valence-electron chi connectivity index (χ0n) is 16.2. The van der Waals surface area contributed by atoms with Crippen molar-refractivity contribution in [3.63, 3.8) is 0 Å². The van der Waals surface area contributed by atoms with Gasteiger partial charge in [0.1, 0.15) is 16.4 Å². The third kappa shape index (κ3) is 3.32. The van der Waals surface area contributed by atoms with E-state index in [4.69, 9.17) is 16.0 Å². The molecule has 0 fully saturated rings. The lowest BCUT2D eigenvalue weighted by atomic mass is 9.94. The van der Waals surface area contributed by atoms with Crippen LogP contribution >= 0.6 is 11.6 Å². The normalized spacial score (nSPS) is 14.0. The van der Waals surface area contributed by atoms with Crippen LogP contribution in [-0.4, -0.2) is 13.3 Å². The number of nitro groups is 1. The van der Waals surface area contributed by atoms with Crippen LogP contribution < -0.4 is 4.72 Å². The molecule has 1 heterocycles. The summed E-state index contributed by atoms with van der Waals surface area (Å²) in [5.41, 5.74) is 1.81. The fraction of sp³-hybridized carbons (Fsp3) is 0.182. The van der Waals surface area contributed by atoms with Gasteiger partial charge in [0.25, 0.3) is 15.7 Å². The second-order valence-electron chi connectivity index (χ2n) is 7.53. The van der Waals surface area contributed by atoms with Crippen molar-refractivity contribution >= 4 is 54.7 Å². The lowest BCUT2D eigenvalue weighted by Crippen LogP contribution is -2.13. The number of rotatable bonds is 4. The zero-order valence-corrected chi connectivity index (χ0v) is 17.8. The van der Waals surface area contributed by atoms with Gasteiger partial charge in [-0.1, -0.05) is 35.9 Å². The molecule has 0 saturated carbocycles. The number of benzene rings is 3. The van der Waals surface area contributed by atoms with Gasteiger partial charge < -0.3 is 4.42 Å². The Labute approximate surface area is 182 Å². The minimum absolute atomic E-state index is 0.124. The Kier molecular flexibility index (Phi) is 4.64. The van der Waals surface area contributed by atoms with Crippen molar-refractivity contribution in [3.8, 4) is 0 Å². The molecule has 0 spiro atoms. The molecule has 0 unspecified atom stereocenters. The average Bonchev–Trinajstić information content (AvgIpc) is 3.12. The van der Waals surface area contributed by atoms with Gasteiger partial charge in [-0.2, -0.15) is 0 Å². The van der Waals surface area contributed by atoms with Gasteiger partial charge in [-0.3, -0.25) is 14.8 Å². The minimum atomic E-state index is -4.09. The molecule has 1 aromatic heterocycles. The summed E-state index contributed by atoms with van der Waals surface area (Å²) in [6.45, 7) is 0. The van der Waals surface area contributed by atoms with E-state index in [1.165, 1.54) is 12.1 Å². The number of sulfonamides is 1. The number of nitrogens with zero attached hydrogens (tertiary/aromatic N) is 1. The van der Waals surface area contributed by atoms with Gasteiger partial charge in [0.05, 0.1) is 15.5 Å². The third-order valence-corrected chi connectivity index (χ3v) is 7.31. The van der Waals surface area contributed by atoms with Gasteiger partial charge in [0.2, 0.25) is 0 Å². The SMILES string of the molecule is O=[N+]([O-])c1cc(S(=O)(=O)Nc2cc3c4c(oc3c3ccccc23)CCCC4)ccc1Cl. The summed E-state index contributed by atoms with van der Waals surface area (Å²) in [4.78, 5) is 10.2. The Hall–Kier alpha value is -3.10. The number of halogens is 1. The van der Waals surface area contributed by atoms with Gasteiger partial charge in [0, 0.05) is 34.2 Å². The number of aryl methyl sites for hydroxylation is 2. The second-order valence-corrected chi connectivity index (χ2v) is 9.62. The van der Waals surface area contributed by atoms with E-state index in [0.717, 1.165) is 59.4 Å². The van der Waals surface area contributed by atoms with E-state index in [2.05, 4.69) is 4.72 Å². The van der Waals surface area contributed by atoms with Crippen LogP contribution in [-0.2, 0) is 22.9 Å². The van der Waals surface area contributed by atoms with Crippen molar-refractivity contribution in [2.45, 2.75) is 30.6 Å². The number of hydrogen-bond acceptors (Lipinski definition) is 5. The van der Waals surface area contributed by atoms with Crippen molar-refractivity contribution in [1.29, 1.82) is 0 Å². The molecular formula is C22H17ClN2O5S. The molecule has 158 valence electrons. The number of nitro benzene ring substituents is 1. The van der Waals surface area contributed by atoms with E-state index >= 15 is 0 Å². The highest BCUT2D eigenvalue weighted by Crippen LogP contribution is 2.40.